The molecule has 1 aliphatic rings. The molecule has 1 aromatic carbocycles. The summed E-state index contributed by atoms with van der Waals surface area (Å²) in [7, 11) is -3.69. The van der Waals surface area contributed by atoms with Crippen molar-refractivity contribution in [2.45, 2.75) is 37.4 Å². The Kier molecular flexibility index (Phi) is 3.01. The Labute approximate surface area is 102 Å². The van der Waals surface area contributed by atoms with E-state index in [1.165, 1.54) is 0 Å². The molecule has 0 N–H and O–H groups in total. The quantitative estimate of drug-likeness (QED) is 0.775. The summed E-state index contributed by atoms with van der Waals surface area (Å²) < 4.78 is 34.3. The first-order valence-corrected chi connectivity index (χ1v) is 6.86. The Balaban J connectivity index is 2.17. The van der Waals surface area contributed by atoms with Gasteiger partial charge in [-0.25, -0.2) is 0 Å². The van der Waals surface area contributed by atoms with E-state index in [-0.39, 0.29) is 4.90 Å². The lowest BCUT2D eigenvalue weighted by atomic mass is 9.97. The lowest BCUT2D eigenvalue weighted by molar-refractivity contribution is -0.205. The molecule has 0 aromatic heterocycles. The van der Waals surface area contributed by atoms with Crippen LogP contribution >= 0.6 is 0 Å². The molecule has 17 heavy (non-hydrogen) atoms. The van der Waals surface area contributed by atoms with Crippen molar-refractivity contribution in [2.75, 3.05) is 6.61 Å². The molecule has 1 saturated heterocycles. The van der Waals surface area contributed by atoms with Crippen molar-refractivity contribution in [3.8, 4) is 0 Å². The van der Waals surface area contributed by atoms with Gasteiger partial charge >= 0.3 is 0 Å². The van der Waals surface area contributed by atoms with Crippen molar-refractivity contribution >= 4 is 10.1 Å². The molecular weight excluding hydrogens is 240 g/mol. The maximum Gasteiger partial charge on any atom is 0.297 e. The molecule has 0 amide bonds. The molecule has 0 saturated carbocycles. The first-order valence-electron chi connectivity index (χ1n) is 5.45. The van der Waals surface area contributed by atoms with Crippen LogP contribution in [0.25, 0.3) is 0 Å². The Bertz CT molecular complexity index is 502. The van der Waals surface area contributed by atoms with Gasteiger partial charge in [-0.3, -0.25) is 4.18 Å². The summed E-state index contributed by atoms with van der Waals surface area (Å²) in [4.78, 5) is 0.186. The maximum atomic E-state index is 12.0. The normalized spacial score (nSPS) is 23.1. The molecule has 1 aliphatic heterocycles. The van der Waals surface area contributed by atoms with Crippen LogP contribution in [-0.4, -0.2) is 26.7 Å². The molecular formula is C12H16O4S. The maximum absolute atomic E-state index is 12.0. The number of rotatable bonds is 3. The molecule has 0 bridgehead atoms. The molecule has 0 radical (unpaired) electrons. The van der Waals surface area contributed by atoms with E-state index in [0.29, 0.717) is 6.61 Å². The minimum atomic E-state index is -3.69. The van der Waals surface area contributed by atoms with E-state index in [1.807, 2.05) is 20.8 Å². The average Bonchev–Trinajstić information content (AvgIpc) is 2.25. The first-order chi connectivity index (χ1) is 7.81. The Morgan fingerprint density at radius 3 is 2.29 bits per heavy atom. The summed E-state index contributed by atoms with van der Waals surface area (Å²) in [6.07, 6.45) is -0.409. The number of ether oxygens (including phenoxy) is 1. The average molecular weight is 256 g/mol. The van der Waals surface area contributed by atoms with Gasteiger partial charge in [0.25, 0.3) is 10.1 Å². The molecule has 1 atom stereocenters. The van der Waals surface area contributed by atoms with Crippen molar-refractivity contribution in [1.29, 1.82) is 0 Å². The van der Waals surface area contributed by atoms with Gasteiger partial charge < -0.3 is 4.74 Å². The molecule has 0 spiro atoms. The van der Waals surface area contributed by atoms with Crippen molar-refractivity contribution < 1.29 is 17.3 Å². The van der Waals surface area contributed by atoms with Gasteiger partial charge in [0.2, 0.25) is 0 Å². The number of benzene rings is 1. The van der Waals surface area contributed by atoms with Gasteiger partial charge in [-0.1, -0.05) is 17.7 Å². The van der Waals surface area contributed by atoms with Crippen LogP contribution in [-0.2, 0) is 19.0 Å². The minimum Gasteiger partial charge on any atom is -0.370 e. The summed E-state index contributed by atoms with van der Waals surface area (Å²) in [5.74, 6) is 0. The second-order valence-electron chi connectivity index (χ2n) is 4.77. The van der Waals surface area contributed by atoms with E-state index in [1.54, 1.807) is 24.3 Å². The summed E-state index contributed by atoms with van der Waals surface area (Å²) >= 11 is 0. The summed E-state index contributed by atoms with van der Waals surface area (Å²) in [5, 5.41) is 0. The summed E-state index contributed by atoms with van der Waals surface area (Å²) in [6.45, 7) is 5.84. The number of aryl methyl sites for hydroxylation is 1. The molecule has 4 nitrogen and oxygen atoms in total. The van der Waals surface area contributed by atoms with Gasteiger partial charge in [0, 0.05) is 0 Å². The van der Waals surface area contributed by atoms with E-state index in [4.69, 9.17) is 8.92 Å². The lowest BCUT2D eigenvalue weighted by Gasteiger charge is -2.42. The molecule has 1 unspecified atom stereocenters. The minimum absolute atomic E-state index is 0.186. The first kappa shape index (κ1) is 12.5. The monoisotopic (exact) mass is 256 g/mol. The second-order valence-corrected chi connectivity index (χ2v) is 6.34. The SMILES string of the molecule is Cc1ccc(S(=O)(=O)OC2COC2(C)C)cc1. The summed E-state index contributed by atoms with van der Waals surface area (Å²) in [6, 6.07) is 6.60. The van der Waals surface area contributed by atoms with Gasteiger partial charge in [-0.05, 0) is 32.9 Å². The van der Waals surface area contributed by atoms with E-state index in [0.717, 1.165) is 5.56 Å². The van der Waals surface area contributed by atoms with Crippen LogP contribution in [0.1, 0.15) is 19.4 Å². The molecule has 0 aliphatic carbocycles. The van der Waals surface area contributed by atoms with Gasteiger partial charge in [0.1, 0.15) is 6.10 Å². The molecule has 1 aromatic rings. The number of hydrogen-bond donors (Lipinski definition) is 0. The number of hydrogen-bond acceptors (Lipinski definition) is 4. The zero-order valence-electron chi connectivity index (χ0n) is 10.1. The summed E-state index contributed by atoms with van der Waals surface area (Å²) in [5.41, 5.74) is 0.480. The topological polar surface area (TPSA) is 52.6 Å². The molecule has 94 valence electrons. The zero-order chi connectivity index (χ0) is 12.7. The van der Waals surface area contributed by atoms with Crippen LogP contribution in [0, 0.1) is 6.92 Å². The Hall–Kier alpha value is -0.910. The van der Waals surface area contributed by atoms with E-state index in [2.05, 4.69) is 0 Å². The third-order valence-corrected chi connectivity index (χ3v) is 4.27. The molecule has 2 rings (SSSR count). The van der Waals surface area contributed by atoms with Crippen LogP contribution in [0.5, 0.6) is 0 Å². The van der Waals surface area contributed by atoms with Crippen LogP contribution in [0.3, 0.4) is 0 Å². The Morgan fingerprint density at radius 2 is 1.88 bits per heavy atom. The predicted molar refractivity (Wildman–Crippen MR) is 63.3 cm³/mol. The molecule has 1 heterocycles. The van der Waals surface area contributed by atoms with E-state index < -0.39 is 21.8 Å². The van der Waals surface area contributed by atoms with Crippen LogP contribution < -0.4 is 0 Å². The second kappa shape index (κ2) is 4.08. The largest absolute Gasteiger partial charge is 0.370 e. The van der Waals surface area contributed by atoms with Gasteiger partial charge in [0.15, 0.2) is 0 Å². The van der Waals surface area contributed by atoms with Crippen molar-refractivity contribution in [3.05, 3.63) is 29.8 Å². The van der Waals surface area contributed by atoms with Gasteiger partial charge in [-0.15, -0.1) is 0 Å². The lowest BCUT2D eigenvalue weighted by Crippen LogP contribution is -2.55. The van der Waals surface area contributed by atoms with Gasteiger partial charge in [-0.2, -0.15) is 8.42 Å². The van der Waals surface area contributed by atoms with Crippen LogP contribution in [0.2, 0.25) is 0 Å². The zero-order valence-corrected chi connectivity index (χ0v) is 11.0. The fraction of sp³-hybridized carbons (Fsp3) is 0.500. The van der Waals surface area contributed by atoms with Crippen molar-refractivity contribution in [1.82, 2.24) is 0 Å². The third kappa shape index (κ3) is 2.51. The fourth-order valence-electron chi connectivity index (χ4n) is 1.54. The van der Waals surface area contributed by atoms with E-state index in [9.17, 15) is 8.42 Å². The van der Waals surface area contributed by atoms with Crippen molar-refractivity contribution in [2.24, 2.45) is 0 Å². The predicted octanol–water partition coefficient (Wildman–Crippen LogP) is 1.88. The highest BCUT2D eigenvalue weighted by atomic mass is 32.2. The standard InChI is InChI=1S/C12H16O4S/c1-9-4-6-10(7-5-9)17(13,14)16-11-8-15-12(11,2)3/h4-7,11H,8H2,1-3H3. The van der Waals surface area contributed by atoms with Crippen LogP contribution in [0.15, 0.2) is 29.2 Å². The highest BCUT2D eigenvalue weighted by molar-refractivity contribution is 7.86. The van der Waals surface area contributed by atoms with E-state index >= 15 is 0 Å². The highest BCUT2D eigenvalue weighted by Gasteiger charge is 2.44. The molecule has 1 fully saturated rings. The third-order valence-electron chi connectivity index (χ3n) is 2.93. The van der Waals surface area contributed by atoms with Crippen molar-refractivity contribution in [3.63, 3.8) is 0 Å². The smallest absolute Gasteiger partial charge is 0.297 e. The van der Waals surface area contributed by atoms with Crippen LogP contribution in [0.4, 0.5) is 0 Å². The highest BCUT2D eigenvalue weighted by Crippen LogP contribution is 2.31. The molecule has 5 heteroatoms. The fourth-order valence-corrected chi connectivity index (χ4v) is 2.72. The van der Waals surface area contributed by atoms with Gasteiger partial charge in [0.05, 0.1) is 17.1 Å². The Morgan fingerprint density at radius 1 is 1.29 bits per heavy atom.